The van der Waals surface area contributed by atoms with Gasteiger partial charge in [-0.05, 0) is 51.2 Å². The maximum Gasteiger partial charge on any atom is 0.253 e. The van der Waals surface area contributed by atoms with Gasteiger partial charge in [-0.25, -0.2) is 0 Å². The molecule has 1 atom stereocenters. The van der Waals surface area contributed by atoms with Gasteiger partial charge in [0.05, 0.1) is 5.52 Å². The molecule has 0 radical (unpaired) electrons. The van der Waals surface area contributed by atoms with Crippen molar-refractivity contribution >= 4 is 16.8 Å². The van der Waals surface area contributed by atoms with Crippen LogP contribution in [0.25, 0.3) is 22.2 Å². The molecule has 2 heterocycles. The Kier molecular flexibility index (Phi) is 4.48. The van der Waals surface area contributed by atoms with Crippen LogP contribution in [0.1, 0.15) is 22.3 Å². The summed E-state index contributed by atoms with van der Waals surface area (Å²) in [5.74, 6) is 0.0866. The molecule has 2 aromatic carbocycles. The van der Waals surface area contributed by atoms with Gasteiger partial charge in [-0.2, -0.15) is 5.10 Å². The summed E-state index contributed by atoms with van der Waals surface area (Å²) in [5.41, 5.74) is 5.05. The monoisotopic (exact) mass is 362 g/mol. The fraction of sp³-hybridized carbons (Fsp3) is 0.364. The number of amides is 1. The maximum atomic E-state index is 12.8. The zero-order chi connectivity index (χ0) is 19.1. The van der Waals surface area contributed by atoms with E-state index < -0.39 is 0 Å². The van der Waals surface area contributed by atoms with Crippen molar-refractivity contribution in [3.8, 4) is 11.3 Å². The second kappa shape index (κ2) is 6.82. The maximum absolute atomic E-state index is 12.8. The lowest BCUT2D eigenvalue weighted by atomic mass is 10.0. The number of aryl methyl sites for hydroxylation is 2. The molecule has 5 nitrogen and oxygen atoms in total. The summed E-state index contributed by atoms with van der Waals surface area (Å²) in [6, 6.07) is 14.5. The Labute approximate surface area is 160 Å². The zero-order valence-corrected chi connectivity index (χ0v) is 16.4. The first-order chi connectivity index (χ1) is 12.9. The molecule has 27 heavy (non-hydrogen) atoms. The summed E-state index contributed by atoms with van der Waals surface area (Å²) in [4.78, 5) is 17.0. The summed E-state index contributed by atoms with van der Waals surface area (Å²) < 4.78 is 1.91. The molecule has 0 spiro atoms. The number of hydrogen-bond acceptors (Lipinski definition) is 3. The largest absolute Gasteiger partial charge is 0.337 e. The van der Waals surface area contributed by atoms with Crippen molar-refractivity contribution in [3.63, 3.8) is 0 Å². The predicted molar refractivity (Wildman–Crippen MR) is 109 cm³/mol. The number of nitrogens with zero attached hydrogens (tertiary/aromatic N) is 4. The number of likely N-dealkylation sites (tertiary alicyclic amines) is 1. The van der Waals surface area contributed by atoms with Crippen molar-refractivity contribution in [2.75, 3.05) is 27.2 Å². The van der Waals surface area contributed by atoms with Gasteiger partial charge in [0.2, 0.25) is 0 Å². The fourth-order valence-electron chi connectivity index (χ4n) is 3.96. The normalized spacial score (nSPS) is 17.6. The molecule has 1 saturated heterocycles. The molecule has 5 heteroatoms. The van der Waals surface area contributed by atoms with Crippen LogP contribution in [0.4, 0.5) is 0 Å². The third-order valence-corrected chi connectivity index (χ3v) is 5.65. The van der Waals surface area contributed by atoms with Crippen LogP contribution in [0.15, 0.2) is 42.5 Å². The van der Waals surface area contributed by atoms with Crippen molar-refractivity contribution in [1.82, 2.24) is 19.6 Å². The number of carbonyl (C=O) groups excluding carboxylic acids is 1. The van der Waals surface area contributed by atoms with E-state index in [4.69, 9.17) is 5.10 Å². The number of rotatable bonds is 3. The van der Waals surface area contributed by atoms with E-state index in [-0.39, 0.29) is 5.91 Å². The minimum Gasteiger partial charge on any atom is -0.337 e. The van der Waals surface area contributed by atoms with Gasteiger partial charge >= 0.3 is 0 Å². The van der Waals surface area contributed by atoms with Crippen LogP contribution in [0, 0.1) is 6.92 Å². The minimum absolute atomic E-state index is 0.0866. The smallest absolute Gasteiger partial charge is 0.253 e. The highest BCUT2D eigenvalue weighted by Gasteiger charge is 2.27. The van der Waals surface area contributed by atoms with Crippen molar-refractivity contribution in [3.05, 3.63) is 53.6 Å². The van der Waals surface area contributed by atoms with Gasteiger partial charge in [-0.3, -0.25) is 9.48 Å². The second-order valence-electron chi connectivity index (χ2n) is 7.69. The van der Waals surface area contributed by atoms with Gasteiger partial charge in [-0.15, -0.1) is 0 Å². The molecule has 1 aliphatic rings. The molecule has 0 N–H and O–H groups in total. The van der Waals surface area contributed by atoms with E-state index in [1.807, 2.05) is 47.9 Å². The number of likely N-dealkylation sites (N-methyl/N-ethyl adjacent to an activating group) is 2. The molecular formula is C22H26N4O. The molecule has 1 amide bonds. The van der Waals surface area contributed by atoms with Crippen molar-refractivity contribution in [2.45, 2.75) is 19.4 Å². The number of carbonyl (C=O) groups is 1. The molecule has 1 aliphatic heterocycles. The van der Waals surface area contributed by atoms with Crippen LogP contribution < -0.4 is 0 Å². The summed E-state index contributed by atoms with van der Waals surface area (Å²) in [5, 5.41) is 5.84. The van der Waals surface area contributed by atoms with E-state index in [1.165, 1.54) is 5.56 Å². The van der Waals surface area contributed by atoms with E-state index in [0.29, 0.717) is 6.04 Å². The van der Waals surface area contributed by atoms with Gasteiger partial charge in [0.1, 0.15) is 5.69 Å². The molecule has 1 aromatic heterocycles. The lowest BCUT2D eigenvalue weighted by Gasteiger charge is -2.24. The molecule has 140 valence electrons. The highest BCUT2D eigenvalue weighted by Crippen LogP contribution is 2.29. The second-order valence-corrected chi connectivity index (χ2v) is 7.69. The Hall–Kier alpha value is -2.66. The quantitative estimate of drug-likeness (QED) is 0.718. The highest BCUT2D eigenvalue weighted by molar-refractivity contribution is 5.97. The third-order valence-electron chi connectivity index (χ3n) is 5.65. The standard InChI is InChI=1S/C22H26N4O/c1-15-5-10-20-19(13-15)21(23-26(20)4)16-6-8-17(9-7-16)22(27)25(3)18-11-12-24(2)14-18/h5-10,13,18H,11-12,14H2,1-4H3. The molecular weight excluding hydrogens is 336 g/mol. The van der Waals surface area contributed by atoms with Crippen LogP contribution in [0.3, 0.4) is 0 Å². The zero-order valence-electron chi connectivity index (χ0n) is 16.4. The fourth-order valence-corrected chi connectivity index (χ4v) is 3.96. The number of fused-ring (bicyclic) bond motifs is 1. The highest BCUT2D eigenvalue weighted by atomic mass is 16.2. The summed E-state index contributed by atoms with van der Waals surface area (Å²) in [6.07, 6.45) is 1.04. The topological polar surface area (TPSA) is 41.4 Å². The number of aromatic nitrogens is 2. The van der Waals surface area contributed by atoms with Crippen LogP contribution in [-0.4, -0.2) is 58.7 Å². The average Bonchev–Trinajstić information content (AvgIpc) is 3.24. The Morgan fingerprint density at radius 2 is 1.89 bits per heavy atom. The van der Waals surface area contributed by atoms with Gasteiger partial charge < -0.3 is 9.80 Å². The first kappa shape index (κ1) is 17.7. The van der Waals surface area contributed by atoms with E-state index >= 15 is 0 Å². The number of benzene rings is 2. The lowest BCUT2D eigenvalue weighted by Crippen LogP contribution is -2.38. The van der Waals surface area contributed by atoms with E-state index in [9.17, 15) is 4.79 Å². The summed E-state index contributed by atoms with van der Waals surface area (Å²) in [6.45, 7) is 4.08. The molecule has 1 fully saturated rings. The molecule has 0 bridgehead atoms. The Morgan fingerprint density at radius 3 is 2.56 bits per heavy atom. The molecule has 3 aromatic rings. The van der Waals surface area contributed by atoms with Gasteiger partial charge in [0.25, 0.3) is 5.91 Å². The lowest BCUT2D eigenvalue weighted by molar-refractivity contribution is 0.0737. The summed E-state index contributed by atoms with van der Waals surface area (Å²) >= 11 is 0. The molecule has 0 aliphatic carbocycles. The van der Waals surface area contributed by atoms with Crippen molar-refractivity contribution < 1.29 is 4.79 Å². The third kappa shape index (κ3) is 3.23. The van der Waals surface area contributed by atoms with E-state index in [0.717, 1.165) is 47.2 Å². The first-order valence-corrected chi connectivity index (χ1v) is 9.43. The van der Waals surface area contributed by atoms with Crippen LogP contribution in [0.5, 0.6) is 0 Å². The van der Waals surface area contributed by atoms with Crippen LogP contribution >= 0.6 is 0 Å². The Bertz CT molecular complexity index is 989. The van der Waals surface area contributed by atoms with E-state index in [2.05, 4.69) is 37.1 Å². The average molecular weight is 362 g/mol. The van der Waals surface area contributed by atoms with Crippen molar-refractivity contribution in [2.24, 2.45) is 7.05 Å². The van der Waals surface area contributed by atoms with Gasteiger partial charge in [0.15, 0.2) is 0 Å². The Morgan fingerprint density at radius 1 is 1.15 bits per heavy atom. The first-order valence-electron chi connectivity index (χ1n) is 9.43. The van der Waals surface area contributed by atoms with Crippen LogP contribution in [-0.2, 0) is 7.05 Å². The van der Waals surface area contributed by atoms with E-state index in [1.54, 1.807) is 0 Å². The van der Waals surface area contributed by atoms with Crippen LogP contribution in [0.2, 0.25) is 0 Å². The predicted octanol–water partition coefficient (Wildman–Crippen LogP) is 3.32. The summed E-state index contributed by atoms with van der Waals surface area (Å²) in [7, 11) is 5.98. The SMILES string of the molecule is Cc1ccc2c(c1)c(-c1ccc(C(=O)N(C)C3CCN(C)C3)cc1)nn2C. The molecule has 1 unspecified atom stereocenters. The van der Waals surface area contributed by atoms with Gasteiger partial charge in [-0.1, -0.05) is 23.8 Å². The Balaban J connectivity index is 1.61. The minimum atomic E-state index is 0.0866. The molecule has 0 saturated carbocycles. The molecule has 4 rings (SSSR count). The van der Waals surface area contributed by atoms with Gasteiger partial charge in [0, 0.05) is 43.2 Å². The van der Waals surface area contributed by atoms with Crippen molar-refractivity contribution in [1.29, 1.82) is 0 Å². The number of hydrogen-bond donors (Lipinski definition) is 0.